The van der Waals surface area contributed by atoms with Crippen LogP contribution < -0.4 is 4.57 Å². The molecule has 0 N–H and O–H groups in total. The molecule has 2 aromatic carbocycles. The average Bonchev–Trinajstić information content (AvgIpc) is 2.74. The van der Waals surface area contributed by atoms with Gasteiger partial charge >= 0.3 is 19.5 Å². The van der Waals surface area contributed by atoms with Crippen LogP contribution >= 0.6 is 11.3 Å². The molecule has 0 unspecified atom stereocenters. The molecule has 3 heteroatoms. The zero-order valence-corrected chi connectivity index (χ0v) is 11.7. The van der Waals surface area contributed by atoms with Crippen molar-refractivity contribution in [3.8, 4) is 0 Å². The maximum Gasteiger partial charge on any atom is 1.00 e. The number of thiazole rings is 1. The molecule has 17 heavy (non-hydrogen) atoms. The molecule has 0 aliphatic heterocycles. The fourth-order valence-corrected chi connectivity index (χ4v) is 2.60. The maximum absolute atomic E-state index is 3.32. The van der Waals surface area contributed by atoms with Crippen molar-refractivity contribution in [3.05, 3.63) is 65.7 Å². The van der Waals surface area contributed by atoms with E-state index in [0.717, 1.165) is 6.54 Å². The number of aromatic nitrogens is 1. The SMILES string of the molecule is [Ru+].[c-]1sc2ccccc2[n+]1Cc1ccccc1. The Bertz CT molecular complexity index is 604. The molecule has 1 radical (unpaired) electrons. The van der Waals surface area contributed by atoms with E-state index in [4.69, 9.17) is 0 Å². The van der Waals surface area contributed by atoms with E-state index in [1.54, 1.807) is 11.3 Å². The fraction of sp³-hybridized carbons (Fsp3) is 0.0714. The number of benzene rings is 2. The van der Waals surface area contributed by atoms with Crippen LogP contribution in [0.2, 0.25) is 0 Å². The monoisotopic (exact) mass is 327 g/mol. The van der Waals surface area contributed by atoms with Crippen molar-refractivity contribution in [2.75, 3.05) is 0 Å². The summed E-state index contributed by atoms with van der Waals surface area (Å²) in [6.07, 6.45) is 0. The third-order valence-corrected chi connectivity index (χ3v) is 3.48. The minimum atomic E-state index is 0. The predicted octanol–water partition coefficient (Wildman–Crippen LogP) is 3.03. The fourth-order valence-electron chi connectivity index (χ4n) is 1.80. The van der Waals surface area contributed by atoms with Gasteiger partial charge in [0.15, 0.2) is 12.1 Å². The van der Waals surface area contributed by atoms with Crippen molar-refractivity contribution in [1.29, 1.82) is 0 Å². The molecule has 1 heterocycles. The Morgan fingerprint density at radius 1 is 0.941 bits per heavy atom. The van der Waals surface area contributed by atoms with Crippen LogP contribution in [0.1, 0.15) is 5.56 Å². The van der Waals surface area contributed by atoms with Crippen molar-refractivity contribution in [2.45, 2.75) is 6.54 Å². The Balaban J connectivity index is 0.00000108. The molecule has 1 nitrogen and oxygen atoms in total. The number of rotatable bonds is 2. The van der Waals surface area contributed by atoms with Gasteiger partial charge in [-0.15, -0.1) is 6.07 Å². The van der Waals surface area contributed by atoms with E-state index >= 15 is 0 Å². The molecule has 0 fully saturated rings. The molecule has 3 rings (SSSR count). The van der Waals surface area contributed by atoms with Gasteiger partial charge in [-0.1, -0.05) is 53.2 Å². The van der Waals surface area contributed by atoms with Gasteiger partial charge in [0.25, 0.3) is 0 Å². The molecule has 1 aromatic heterocycles. The third kappa shape index (κ3) is 2.62. The Morgan fingerprint density at radius 3 is 2.47 bits per heavy atom. The number of fused-ring (bicyclic) bond motifs is 1. The van der Waals surface area contributed by atoms with Crippen molar-refractivity contribution in [3.63, 3.8) is 0 Å². The van der Waals surface area contributed by atoms with Crippen molar-refractivity contribution in [1.82, 2.24) is 0 Å². The summed E-state index contributed by atoms with van der Waals surface area (Å²) in [5, 5.41) is 0. The summed E-state index contributed by atoms with van der Waals surface area (Å²) in [4.78, 5) is 0. The first-order chi connectivity index (χ1) is 7.93. The van der Waals surface area contributed by atoms with Gasteiger partial charge in [-0.3, -0.25) is 4.57 Å². The first-order valence-corrected chi connectivity index (χ1v) is 6.08. The minimum absolute atomic E-state index is 0. The van der Waals surface area contributed by atoms with Crippen LogP contribution in [0.4, 0.5) is 0 Å². The van der Waals surface area contributed by atoms with Crippen LogP contribution in [-0.4, -0.2) is 0 Å². The zero-order chi connectivity index (χ0) is 10.8. The van der Waals surface area contributed by atoms with Gasteiger partial charge < -0.3 is 0 Å². The van der Waals surface area contributed by atoms with Crippen LogP contribution in [0.3, 0.4) is 0 Å². The normalized spacial score (nSPS) is 10.1. The van der Waals surface area contributed by atoms with Crippen molar-refractivity contribution >= 4 is 21.6 Å². The molecule has 3 aromatic rings. The van der Waals surface area contributed by atoms with Gasteiger partial charge in [0.2, 0.25) is 0 Å². The summed E-state index contributed by atoms with van der Waals surface area (Å²) in [7, 11) is 0. The number of para-hydroxylation sites is 1. The molecule has 0 bridgehead atoms. The summed E-state index contributed by atoms with van der Waals surface area (Å²) in [6, 6.07) is 18.9. The van der Waals surface area contributed by atoms with Gasteiger partial charge in [-0.2, -0.15) is 0 Å². The molecule has 0 saturated heterocycles. The molecule has 0 atom stereocenters. The van der Waals surface area contributed by atoms with E-state index < -0.39 is 0 Å². The van der Waals surface area contributed by atoms with Crippen LogP contribution in [0.25, 0.3) is 10.2 Å². The topological polar surface area (TPSA) is 3.88 Å². The van der Waals surface area contributed by atoms with E-state index in [1.165, 1.54) is 15.8 Å². The quantitative estimate of drug-likeness (QED) is 0.387. The summed E-state index contributed by atoms with van der Waals surface area (Å²) < 4.78 is 3.47. The Kier molecular flexibility index (Phi) is 4.03. The van der Waals surface area contributed by atoms with Crippen molar-refractivity contribution < 1.29 is 24.0 Å². The molecular weight excluding hydrogens is 315 g/mol. The maximum atomic E-state index is 3.32. The second-order valence-electron chi connectivity index (χ2n) is 3.73. The largest absolute Gasteiger partial charge is 1.00 e. The molecule has 0 saturated carbocycles. The van der Waals surface area contributed by atoms with Crippen LogP contribution in [0.15, 0.2) is 54.6 Å². The van der Waals surface area contributed by atoms with Gasteiger partial charge in [0, 0.05) is 5.56 Å². The summed E-state index contributed by atoms with van der Waals surface area (Å²) in [5.74, 6) is 0. The Morgan fingerprint density at radius 2 is 1.65 bits per heavy atom. The van der Waals surface area contributed by atoms with Gasteiger partial charge in [0.1, 0.15) is 0 Å². The number of nitrogens with zero attached hydrogens (tertiary/aromatic N) is 1. The van der Waals surface area contributed by atoms with Gasteiger partial charge in [-0.25, -0.2) is 11.3 Å². The van der Waals surface area contributed by atoms with Crippen molar-refractivity contribution in [2.24, 2.45) is 0 Å². The van der Waals surface area contributed by atoms with E-state index in [0.29, 0.717) is 0 Å². The van der Waals surface area contributed by atoms with E-state index in [9.17, 15) is 0 Å². The summed E-state index contributed by atoms with van der Waals surface area (Å²) >= 11 is 1.67. The second-order valence-corrected chi connectivity index (χ2v) is 4.56. The average molecular weight is 326 g/mol. The third-order valence-electron chi connectivity index (χ3n) is 2.61. The minimum Gasteiger partial charge on any atom is -0.300 e. The number of hydrogen-bond acceptors (Lipinski definition) is 1. The molecule has 85 valence electrons. The van der Waals surface area contributed by atoms with E-state index in [2.05, 4.69) is 58.6 Å². The van der Waals surface area contributed by atoms with Crippen LogP contribution in [-0.2, 0) is 26.0 Å². The molecular formula is C14H11NRuS+. The van der Waals surface area contributed by atoms with E-state index in [-0.39, 0.29) is 19.5 Å². The van der Waals surface area contributed by atoms with Crippen LogP contribution in [0.5, 0.6) is 0 Å². The summed E-state index contributed by atoms with van der Waals surface area (Å²) in [6.45, 7) is 0.894. The molecule has 0 spiro atoms. The summed E-state index contributed by atoms with van der Waals surface area (Å²) in [5.41, 5.74) is 5.89. The Labute approximate surface area is 117 Å². The number of hydrogen-bond donors (Lipinski definition) is 0. The van der Waals surface area contributed by atoms with Gasteiger partial charge in [-0.05, 0) is 0 Å². The standard InChI is InChI=1S/C14H11NS.Ru/c1-2-6-12(7-3-1)10-15-11-16-14-9-5-4-8-13(14)15;/h1-9H,10H2;/q;+1. The Hall–Kier alpha value is -1.05. The first kappa shape index (κ1) is 12.4. The first-order valence-electron chi connectivity index (χ1n) is 5.26. The smallest absolute Gasteiger partial charge is 0.300 e. The van der Waals surface area contributed by atoms with Crippen LogP contribution in [0, 0.1) is 5.51 Å². The zero-order valence-electron chi connectivity index (χ0n) is 9.11. The van der Waals surface area contributed by atoms with Gasteiger partial charge in [0.05, 0.1) is 5.52 Å². The molecule has 0 amide bonds. The predicted molar refractivity (Wildman–Crippen MR) is 66.4 cm³/mol. The molecule has 0 aliphatic carbocycles. The molecule has 0 aliphatic rings. The second kappa shape index (κ2) is 5.53. The van der Waals surface area contributed by atoms with E-state index in [1.807, 2.05) is 6.07 Å².